The predicted molar refractivity (Wildman–Crippen MR) is 74.9 cm³/mol. The Morgan fingerprint density at radius 3 is 2.42 bits per heavy atom. The standard InChI is InChI=1S/C15H27NO3/c1-2-3-10-16(11-9-15(18)19)14(17)12-13-7-5-4-6-8-13/h13H,2-12H2,1H3,(H,18,19). The van der Waals surface area contributed by atoms with Crippen LogP contribution in [0.3, 0.4) is 0 Å². The Morgan fingerprint density at radius 1 is 1.16 bits per heavy atom. The molecule has 1 aliphatic rings. The van der Waals surface area contributed by atoms with Crippen molar-refractivity contribution >= 4 is 11.9 Å². The second-order valence-corrected chi connectivity index (χ2v) is 5.59. The van der Waals surface area contributed by atoms with Gasteiger partial charge in [0.05, 0.1) is 6.42 Å². The normalized spacial score (nSPS) is 16.3. The van der Waals surface area contributed by atoms with Gasteiger partial charge in [-0.25, -0.2) is 0 Å². The fourth-order valence-corrected chi connectivity index (χ4v) is 2.71. The lowest BCUT2D eigenvalue weighted by atomic mass is 9.86. The zero-order valence-electron chi connectivity index (χ0n) is 12.1. The van der Waals surface area contributed by atoms with Gasteiger partial charge in [-0.2, -0.15) is 0 Å². The third-order valence-corrected chi connectivity index (χ3v) is 3.92. The van der Waals surface area contributed by atoms with Crippen molar-refractivity contribution in [2.45, 2.75) is 64.7 Å². The van der Waals surface area contributed by atoms with Gasteiger partial charge in [0, 0.05) is 19.5 Å². The lowest BCUT2D eigenvalue weighted by molar-refractivity contribution is -0.138. The van der Waals surface area contributed by atoms with Crippen LogP contribution in [-0.4, -0.2) is 35.0 Å². The van der Waals surface area contributed by atoms with E-state index < -0.39 is 5.97 Å². The molecule has 0 aromatic rings. The minimum atomic E-state index is -0.827. The first-order chi connectivity index (χ1) is 9.13. The third kappa shape index (κ3) is 6.60. The second-order valence-electron chi connectivity index (χ2n) is 5.59. The SMILES string of the molecule is CCCCN(CCC(=O)O)C(=O)CC1CCCCC1. The zero-order chi connectivity index (χ0) is 14.1. The molecule has 0 saturated heterocycles. The maximum Gasteiger partial charge on any atom is 0.305 e. The average molecular weight is 269 g/mol. The summed E-state index contributed by atoms with van der Waals surface area (Å²) in [6.45, 7) is 3.15. The smallest absolute Gasteiger partial charge is 0.305 e. The average Bonchev–Trinajstić information content (AvgIpc) is 2.39. The van der Waals surface area contributed by atoms with Gasteiger partial charge in [-0.05, 0) is 25.2 Å². The van der Waals surface area contributed by atoms with Crippen LogP contribution in [0.2, 0.25) is 0 Å². The van der Waals surface area contributed by atoms with Crippen molar-refractivity contribution in [1.82, 2.24) is 4.90 Å². The van der Waals surface area contributed by atoms with Crippen molar-refractivity contribution in [3.05, 3.63) is 0 Å². The van der Waals surface area contributed by atoms with E-state index in [1.54, 1.807) is 4.90 Å². The monoisotopic (exact) mass is 269 g/mol. The third-order valence-electron chi connectivity index (χ3n) is 3.92. The van der Waals surface area contributed by atoms with E-state index in [4.69, 9.17) is 5.11 Å². The van der Waals surface area contributed by atoms with Crippen molar-refractivity contribution in [1.29, 1.82) is 0 Å². The summed E-state index contributed by atoms with van der Waals surface area (Å²) in [6.07, 6.45) is 8.74. The Labute approximate surface area is 116 Å². The van der Waals surface area contributed by atoms with Crippen LogP contribution in [0, 0.1) is 5.92 Å². The Kier molecular flexibility index (Phi) is 7.53. The Morgan fingerprint density at radius 2 is 1.84 bits per heavy atom. The molecule has 1 fully saturated rings. The molecule has 0 radical (unpaired) electrons. The maximum atomic E-state index is 12.3. The summed E-state index contributed by atoms with van der Waals surface area (Å²) >= 11 is 0. The van der Waals surface area contributed by atoms with Gasteiger partial charge >= 0.3 is 5.97 Å². The van der Waals surface area contributed by atoms with E-state index in [2.05, 4.69) is 6.92 Å². The van der Waals surface area contributed by atoms with Crippen molar-refractivity contribution in [3.8, 4) is 0 Å². The number of carboxylic acids is 1. The van der Waals surface area contributed by atoms with Gasteiger partial charge in [0.2, 0.25) is 5.91 Å². The van der Waals surface area contributed by atoms with Gasteiger partial charge in [0.25, 0.3) is 0 Å². The Balaban J connectivity index is 2.41. The summed E-state index contributed by atoms with van der Waals surface area (Å²) < 4.78 is 0. The van der Waals surface area contributed by atoms with Gasteiger partial charge in [-0.1, -0.05) is 32.6 Å². The van der Waals surface area contributed by atoms with Gasteiger partial charge in [0.15, 0.2) is 0 Å². The fourth-order valence-electron chi connectivity index (χ4n) is 2.71. The number of carboxylic acid groups (broad SMARTS) is 1. The van der Waals surface area contributed by atoms with Crippen LogP contribution >= 0.6 is 0 Å². The van der Waals surface area contributed by atoms with E-state index in [0.717, 1.165) is 25.7 Å². The second kappa shape index (κ2) is 8.94. The summed E-state index contributed by atoms with van der Waals surface area (Å²) in [5.41, 5.74) is 0. The molecule has 110 valence electrons. The summed E-state index contributed by atoms with van der Waals surface area (Å²) in [6, 6.07) is 0. The van der Waals surface area contributed by atoms with Crippen LogP contribution in [0.15, 0.2) is 0 Å². The molecule has 0 aromatic carbocycles. The number of unbranched alkanes of at least 4 members (excludes halogenated alkanes) is 1. The minimum Gasteiger partial charge on any atom is -0.481 e. The van der Waals surface area contributed by atoms with Crippen LogP contribution in [0.4, 0.5) is 0 Å². The van der Waals surface area contributed by atoms with E-state index in [-0.39, 0.29) is 12.3 Å². The molecule has 0 aromatic heterocycles. The highest BCUT2D eigenvalue weighted by atomic mass is 16.4. The van der Waals surface area contributed by atoms with Gasteiger partial charge in [0.1, 0.15) is 0 Å². The topological polar surface area (TPSA) is 57.6 Å². The first-order valence-electron chi connectivity index (χ1n) is 7.63. The van der Waals surface area contributed by atoms with Crippen molar-refractivity contribution in [3.63, 3.8) is 0 Å². The predicted octanol–water partition coefficient (Wildman–Crippen LogP) is 3.06. The number of carbonyl (C=O) groups is 2. The lowest BCUT2D eigenvalue weighted by Crippen LogP contribution is -2.35. The van der Waals surface area contributed by atoms with Crippen molar-refractivity contribution in [2.75, 3.05) is 13.1 Å². The Hall–Kier alpha value is -1.06. The Bertz CT molecular complexity index is 285. The summed E-state index contributed by atoms with van der Waals surface area (Å²) in [7, 11) is 0. The first-order valence-corrected chi connectivity index (χ1v) is 7.63. The van der Waals surface area contributed by atoms with E-state index in [1.165, 1.54) is 19.3 Å². The van der Waals surface area contributed by atoms with E-state index in [1.807, 2.05) is 0 Å². The quantitative estimate of drug-likeness (QED) is 0.736. The van der Waals surface area contributed by atoms with Crippen LogP contribution < -0.4 is 0 Å². The minimum absolute atomic E-state index is 0.0557. The largest absolute Gasteiger partial charge is 0.481 e. The highest BCUT2D eigenvalue weighted by molar-refractivity contribution is 5.77. The van der Waals surface area contributed by atoms with Crippen LogP contribution in [0.25, 0.3) is 0 Å². The van der Waals surface area contributed by atoms with Gasteiger partial charge in [-0.15, -0.1) is 0 Å². The number of carbonyl (C=O) groups excluding carboxylic acids is 1. The molecule has 1 N–H and O–H groups in total. The molecular weight excluding hydrogens is 242 g/mol. The molecule has 4 nitrogen and oxygen atoms in total. The number of rotatable bonds is 8. The van der Waals surface area contributed by atoms with Crippen molar-refractivity contribution < 1.29 is 14.7 Å². The molecule has 1 aliphatic carbocycles. The number of aliphatic carboxylic acids is 1. The number of nitrogens with zero attached hydrogens (tertiary/aromatic N) is 1. The van der Waals surface area contributed by atoms with E-state index in [0.29, 0.717) is 25.4 Å². The maximum absolute atomic E-state index is 12.3. The number of amides is 1. The molecule has 1 saturated carbocycles. The first kappa shape index (κ1) is 16.0. The molecule has 1 rings (SSSR count). The molecule has 0 atom stereocenters. The molecule has 0 heterocycles. The highest BCUT2D eigenvalue weighted by Gasteiger charge is 2.21. The summed E-state index contributed by atoms with van der Waals surface area (Å²) in [5, 5.41) is 8.75. The molecule has 0 spiro atoms. The molecule has 0 aliphatic heterocycles. The highest BCUT2D eigenvalue weighted by Crippen LogP contribution is 2.26. The molecular formula is C15H27NO3. The summed E-state index contributed by atoms with van der Waals surface area (Å²) in [4.78, 5) is 24.7. The van der Waals surface area contributed by atoms with Gasteiger partial charge in [-0.3, -0.25) is 9.59 Å². The van der Waals surface area contributed by atoms with Crippen molar-refractivity contribution in [2.24, 2.45) is 5.92 Å². The van der Waals surface area contributed by atoms with E-state index >= 15 is 0 Å². The number of hydrogen-bond donors (Lipinski definition) is 1. The van der Waals surface area contributed by atoms with Crippen LogP contribution in [0.5, 0.6) is 0 Å². The lowest BCUT2D eigenvalue weighted by Gasteiger charge is -2.26. The van der Waals surface area contributed by atoms with Gasteiger partial charge < -0.3 is 10.0 Å². The summed E-state index contributed by atoms with van der Waals surface area (Å²) in [5.74, 6) is -0.149. The molecule has 19 heavy (non-hydrogen) atoms. The van der Waals surface area contributed by atoms with E-state index in [9.17, 15) is 9.59 Å². The van der Waals surface area contributed by atoms with Crippen LogP contribution in [0.1, 0.15) is 64.7 Å². The number of hydrogen-bond acceptors (Lipinski definition) is 2. The zero-order valence-corrected chi connectivity index (χ0v) is 12.1. The molecule has 0 bridgehead atoms. The molecule has 1 amide bonds. The van der Waals surface area contributed by atoms with Crippen LogP contribution in [-0.2, 0) is 9.59 Å². The fraction of sp³-hybridized carbons (Fsp3) is 0.867. The molecule has 4 heteroatoms. The molecule has 0 unspecified atom stereocenters.